The third kappa shape index (κ3) is 4.54. The lowest BCUT2D eigenvalue weighted by Gasteiger charge is -2.29. The molecule has 8 heteroatoms. The van der Waals surface area contributed by atoms with Crippen molar-refractivity contribution >= 4 is 22.3 Å². The van der Waals surface area contributed by atoms with Crippen LogP contribution in [0.25, 0.3) is 21.7 Å². The maximum atomic E-state index is 9.16. The van der Waals surface area contributed by atoms with Gasteiger partial charge in [-0.2, -0.15) is 5.26 Å². The van der Waals surface area contributed by atoms with Crippen molar-refractivity contribution in [1.82, 2.24) is 15.3 Å². The van der Waals surface area contributed by atoms with Gasteiger partial charge in [-0.25, -0.2) is 9.97 Å². The average Bonchev–Trinajstić information content (AvgIpc) is 3.25. The van der Waals surface area contributed by atoms with Crippen LogP contribution in [-0.4, -0.2) is 43.2 Å². The second kappa shape index (κ2) is 9.43. The molecule has 160 valence electrons. The first-order valence-corrected chi connectivity index (χ1v) is 11.3. The fourth-order valence-corrected chi connectivity index (χ4v) is 4.93. The van der Waals surface area contributed by atoms with Gasteiger partial charge in [0.2, 0.25) is 0 Å². The van der Waals surface area contributed by atoms with Gasteiger partial charge in [0.25, 0.3) is 0 Å². The summed E-state index contributed by atoms with van der Waals surface area (Å²) in [5.74, 6) is 0.868. The van der Waals surface area contributed by atoms with Gasteiger partial charge in [0.05, 0.1) is 22.2 Å². The third-order valence-electron chi connectivity index (χ3n) is 5.55. The van der Waals surface area contributed by atoms with Gasteiger partial charge in [-0.15, -0.1) is 0 Å². The van der Waals surface area contributed by atoms with Crippen LogP contribution < -0.4 is 21.3 Å². The Morgan fingerprint density at radius 3 is 2.58 bits per heavy atom. The lowest BCUT2D eigenvalue weighted by molar-refractivity contribution is 0.501. The highest BCUT2D eigenvalue weighted by atomic mass is 32.1. The summed E-state index contributed by atoms with van der Waals surface area (Å²) in [4.78, 5) is 13.1. The molecular formula is C23H27N7S. The summed E-state index contributed by atoms with van der Waals surface area (Å²) in [6.45, 7) is 2.56. The Kier molecular flexibility index (Phi) is 6.47. The number of anilines is 2. The summed E-state index contributed by atoms with van der Waals surface area (Å²) < 4.78 is 0. The number of hydrogen-bond donors (Lipinski definition) is 3. The number of rotatable bonds is 6. The van der Waals surface area contributed by atoms with E-state index in [-0.39, 0.29) is 6.04 Å². The smallest absolute Gasteiger partial charge is 0.186 e. The molecule has 0 aliphatic carbocycles. The molecule has 7 nitrogen and oxygen atoms in total. The predicted octanol–water partition coefficient (Wildman–Crippen LogP) is 3.43. The number of nitrogens with zero attached hydrogens (tertiary/aromatic N) is 4. The molecule has 1 aromatic carbocycles. The van der Waals surface area contributed by atoms with Crippen molar-refractivity contribution in [2.75, 3.05) is 37.4 Å². The monoisotopic (exact) mass is 433 g/mol. The number of hydrogen-bond acceptors (Lipinski definition) is 8. The van der Waals surface area contributed by atoms with Crippen molar-refractivity contribution in [3.8, 4) is 27.8 Å². The minimum Gasteiger partial charge on any atom is -0.373 e. The molecule has 4 rings (SSSR count). The van der Waals surface area contributed by atoms with E-state index in [1.54, 1.807) is 11.3 Å². The van der Waals surface area contributed by atoms with E-state index >= 15 is 0 Å². The number of nitrogens with two attached hydrogens (primary N) is 1. The van der Waals surface area contributed by atoms with Crippen LogP contribution in [0.1, 0.15) is 24.0 Å². The predicted molar refractivity (Wildman–Crippen MR) is 127 cm³/mol. The molecule has 1 aliphatic rings. The second-order valence-electron chi connectivity index (χ2n) is 7.70. The van der Waals surface area contributed by atoms with Crippen LogP contribution in [0.5, 0.6) is 0 Å². The van der Waals surface area contributed by atoms with Gasteiger partial charge in [0, 0.05) is 55.6 Å². The first-order valence-electron chi connectivity index (χ1n) is 10.5. The zero-order chi connectivity index (χ0) is 21.8. The average molecular weight is 434 g/mol. The number of pyridine rings is 1. The van der Waals surface area contributed by atoms with Gasteiger partial charge >= 0.3 is 0 Å². The van der Waals surface area contributed by atoms with Crippen LogP contribution in [0.15, 0.2) is 36.5 Å². The van der Waals surface area contributed by atoms with E-state index in [0.29, 0.717) is 5.56 Å². The molecule has 0 unspecified atom stereocenters. The fraction of sp³-hybridized carbons (Fsp3) is 0.348. The van der Waals surface area contributed by atoms with Crippen LogP contribution in [0.2, 0.25) is 0 Å². The molecule has 0 radical (unpaired) electrons. The van der Waals surface area contributed by atoms with Gasteiger partial charge in [-0.05, 0) is 38.1 Å². The molecule has 0 spiro atoms. The van der Waals surface area contributed by atoms with E-state index < -0.39 is 0 Å². The van der Waals surface area contributed by atoms with Crippen molar-refractivity contribution in [3.63, 3.8) is 0 Å². The Balaban J connectivity index is 1.79. The Labute approximate surface area is 186 Å². The molecule has 0 bridgehead atoms. The number of piperidine rings is 1. The third-order valence-corrected chi connectivity index (χ3v) is 6.71. The van der Waals surface area contributed by atoms with Crippen molar-refractivity contribution in [2.45, 2.75) is 25.4 Å². The second-order valence-corrected chi connectivity index (χ2v) is 8.68. The summed E-state index contributed by atoms with van der Waals surface area (Å²) in [7, 11) is 3.81. The zero-order valence-corrected chi connectivity index (χ0v) is 18.7. The van der Waals surface area contributed by atoms with Gasteiger partial charge in [0.1, 0.15) is 5.82 Å². The normalized spacial score (nSPS) is 14.5. The highest BCUT2D eigenvalue weighted by molar-refractivity contribution is 7.19. The Hall–Kier alpha value is -2.99. The van der Waals surface area contributed by atoms with E-state index in [9.17, 15) is 0 Å². The van der Waals surface area contributed by atoms with E-state index in [1.807, 2.05) is 44.6 Å². The minimum atomic E-state index is 0.274. The quantitative estimate of drug-likeness (QED) is 0.547. The molecule has 4 N–H and O–H groups in total. The molecule has 2 aromatic heterocycles. The summed E-state index contributed by atoms with van der Waals surface area (Å²) >= 11 is 1.69. The van der Waals surface area contributed by atoms with Crippen LogP contribution in [-0.2, 0) is 6.54 Å². The molecule has 1 aliphatic heterocycles. The number of benzene rings is 1. The molecule has 3 aromatic rings. The highest BCUT2D eigenvalue weighted by Gasteiger charge is 2.23. The number of nitriles is 1. The summed E-state index contributed by atoms with van der Waals surface area (Å²) in [6.07, 6.45) is 3.86. The topological polar surface area (TPSA) is 103 Å². The van der Waals surface area contributed by atoms with Crippen LogP contribution in [0.4, 0.5) is 10.9 Å². The van der Waals surface area contributed by atoms with Gasteiger partial charge in [0.15, 0.2) is 5.13 Å². The van der Waals surface area contributed by atoms with E-state index in [4.69, 9.17) is 16.0 Å². The van der Waals surface area contributed by atoms with Crippen molar-refractivity contribution < 1.29 is 0 Å². The molecule has 31 heavy (non-hydrogen) atoms. The number of nitrogens with one attached hydrogen (secondary N) is 2. The first kappa shape index (κ1) is 21.2. The van der Waals surface area contributed by atoms with Gasteiger partial charge < -0.3 is 21.3 Å². The van der Waals surface area contributed by atoms with E-state index in [1.165, 1.54) is 0 Å². The zero-order valence-electron chi connectivity index (χ0n) is 17.9. The van der Waals surface area contributed by atoms with Gasteiger partial charge in [-0.3, -0.25) is 0 Å². The Bertz CT molecular complexity index is 1080. The minimum absolute atomic E-state index is 0.274. The maximum absolute atomic E-state index is 9.16. The molecule has 0 atom stereocenters. The van der Waals surface area contributed by atoms with Crippen LogP contribution in [0.3, 0.4) is 0 Å². The molecule has 1 fully saturated rings. The molecule has 1 saturated heterocycles. The van der Waals surface area contributed by atoms with Crippen LogP contribution >= 0.6 is 11.3 Å². The highest BCUT2D eigenvalue weighted by Crippen LogP contribution is 2.41. The Morgan fingerprint density at radius 1 is 1.19 bits per heavy atom. The maximum Gasteiger partial charge on any atom is 0.186 e. The summed E-state index contributed by atoms with van der Waals surface area (Å²) in [5.41, 5.74) is 10.8. The first-order chi connectivity index (χ1) is 15.1. The van der Waals surface area contributed by atoms with Crippen LogP contribution in [0, 0.1) is 11.3 Å². The van der Waals surface area contributed by atoms with Gasteiger partial charge in [-0.1, -0.05) is 23.5 Å². The fourth-order valence-electron chi connectivity index (χ4n) is 3.81. The Morgan fingerprint density at radius 2 is 1.94 bits per heavy atom. The molecule has 3 heterocycles. The molecule has 0 amide bonds. The number of aromatic nitrogens is 2. The van der Waals surface area contributed by atoms with Crippen molar-refractivity contribution in [3.05, 3.63) is 47.7 Å². The number of thiazole rings is 1. The lowest BCUT2D eigenvalue weighted by Crippen LogP contribution is -2.39. The van der Waals surface area contributed by atoms with Crippen molar-refractivity contribution in [2.24, 2.45) is 5.73 Å². The van der Waals surface area contributed by atoms with E-state index in [2.05, 4.69) is 32.7 Å². The van der Waals surface area contributed by atoms with E-state index in [0.717, 1.165) is 70.7 Å². The largest absolute Gasteiger partial charge is 0.373 e. The lowest BCUT2D eigenvalue weighted by atomic mass is 10.0. The van der Waals surface area contributed by atoms with Crippen molar-refractivity contribution in [1.29, 1.82) is 5.26 Å². The standard InChI is InChI=1S/C23H27N7S/c1-26-13-18-11-17(14-28-22(18)27-2)21-20(16-5-3-15(12-24)4-6-16)29-23(31-21)30-9-7-19(25)8-10-30/h3-6,11,14,19,26H,7-10,13,25H2,1-2H3,(H,27,28). The summed E-state index contributed by atoms with van der Waals surface area (Å²) in [6, 6.07) is 12.3. The molecule has 0 saturated carbocycles. The summed E-state index contributed by atoms with van der Waals surface area (Å²) in [5, 5.41) is 16.5. The molecular weight excluding hydrogens is 406 g/mol. The SMILES string of the molecule is CNCc1cc(-c2sc(N3CCC(N)CC3)nc2-c2ccc(C#N)cc2)cnc1NC.